The molecule has 0 heterocycles. The maximum Gasteiger partial charge on any atom is 0 e. The van der Waals surface area contributed by atoms with Crippen LogP contribution in [0.2, 0.25) is 0 Å². The molecule has 0 saturated heterocycles. The van der Waals surface area contributed by atoms with Gasteiger partial charge in [0.05, 0.1) is 0 Å². The second kappa shape index (κ2) is 27.5. The first kappa shape index (κ1) is 42.5. The average molecular weight is 421 g/mol. The minimum Gasteiger partial charge on any atom is 0 e. The zero-order chi connectivity index (χ0) is 0. The van der Waals surface area contributed by atoms with Crippen molar-refractivity contribution in [2.45, 2.75) is 0 Å². The van der Waals surface area contributed by atoms with Crippen LogP contribution >= 0.6 is 0 Å². The summed E-state index contributed by atoms with van der Waals surface area (Å²) in [6, 6.07) is 0. The monoisotopic (exact) mass is 422 g/mol. The molecule has 5 heavy (non-hydrogen) atoms. The molecular weight excluding hydrogens is 421 g/mol. The normalized spacial score (nSPS) is 0. The van der Waals surface area contributed by atoms with Gasteiger partial charge in [-0.15, -0.1) is 0 Å². The predicted molar refractivity (Wildman–Crippen MR) is 11.5 cm³/mol. The number of hydrogen-bond donors (Lipinski definition) is 0. The van der Waals surface area contributed by atoms with E-state index in [-0.39, 0.29) is 97.4 Å². The second-order valence-corrected chi connectivity index (χ2v) is 0. The van der Waals surface area contributed by atoms with Gasteiger partial charge in [0.2, 0.25) is 0 Å². The molecule has 0 aliphatic heterocycles. The van der Waals surface area contributed by atoms with Crippen molar-refractivity contribution >= 4 is 41.5 Å². The second-order valence-electron chi connectivity index (χ2n) is 0. The van der Waals surface area contributed by atoms with Crippen molar-refractivity contribution < 1.29 is 55.9 Å². The van der Waals surface area contributed by atoms with Crippen LogP contribution in [-0.2, 0) is 55.9 Å². The van der Waals surface area contributed by atoms with Gasteiger partial charge in [0.1, 0.15) is 0 Å². The van der Waals surface area contributed by atoms with E-state index >= 15 is 0 Å². The van der Waals surface area contributed by atoms with E-state index in [9.17, 15) is 0 Å². The van der Waals surface area contributed by atoms with Crippen LogP contribution in [0, 0.1) is 0 Å². The Labute approximate surface area is 95.8 Å². The summed E-state index contributed by atoms with van der Waals surface area (Å²) in [7, 11) is 0. The van der Waals surface area contributed by atoms with Crippen LogP contribution in [0.15, 0.2) is 0 Å². The largest absolute Gasteiger partial charge is 0 e. The van der Waals surface area contributed by atoms with Crippen LogP contribution < -0.4 is 0 Å². The Morgan fingerprint density at radius 2 is 1.00 bits per heavy atom. The fraction of sp³-hybridized carbons (Fsp3) is 0. The summed E-state index contributed by atoms with van der Waals surface area (Å²) in [6.07, 6.45) is 0. The van der Waals surface area contributed by atoms with E-state index < -0.39 is 0 Å². The molecule has 0 N–H and O–H groups in total. The first-order valence-electron chi connectivity index (χ1n) is 0. The van der Waals surface area contributed by atoms with Crippen molar-refractivity contribution in [1.82, 2.24) is 0 Å². The molecule has 0 unspecified atom stereocenters. The molecule has 0 aliphatic rings. The topological polar surface area (TPSA) is 0 Å². The van der Waals surface area contributed by atoms with Crippen LogP contribution in [0.4, 0.5) is 0 Å². The van der Waals surface area contributed by atoms with Gasteiger partial charge >= 0.3 is 0 Å². The minimum atomic E-state index is 0. The molecule has 0 aromatic rings. The van der Waals surface area contributed by atoms with E-state index in [0.717, 1.165) is 0 Å². The Morgan fingerprint density at radius 3 is 1.00 bits per heavy atom. The van der Waals surface area contributed by atoms with E-state index in [2.05, 4.69) is 0 Å². The molecule has 0 amide bonds. The van der Waals surface area contributed by atoms with Crippen LogP contribution in [0.25, 0.3) is 0 Å². The average Bonchev–Trinajstić information content (AvgIpc) is 0. The van der Waals surface area contributed by atoms with Gasteiger partial charge in [-0.1, -0.05) is 0 Å². The first-order chi connectivity index (χ1) is 0. The van der Waals surface area contributed by atoms with Crippen molar-refractivity contribution in [3.8, 4) is 0 Å². The summed E-state index contributed by atoms with van der Waals surface area (Å²) >= 11 is 0. The summed E-state index contributed by atoms with van der Waals surface area (Å²) in [6.45, 7) is 0. The molecule has 5 heteroatoms. The van der Waals surface area contributed by atoms with Crippen molar-refractivity contribution in [1.29, 1.82) is 0 Å². The summed E-state index contributed by atoms with van der Waals surface area (Å²) in [5.41, 5.74) is 0. The minimum absolute atomic E-state index is 0. The van der Waals surface area contributed by atoms with Gasteiger partial charge in [0, 0.05) is 97.4 Å². The third-order valence-electron chi connectivity index (χ3n) is 0. The Bertz CT molecular complexity index is 11.6. The van der Waals surface area contributed by atoms with E-state index in [0.29, 0.717) is 0 Å². The van der Waals surface area contributed by atoms with Crippen LogP contribution in [0.5, 0.6) is 0 Å². The molecule has 0 aromatic heterocycles. The first-order valence-corrected chi connectivity index (χ1v) is 0. The molecule has 0 rings (SSSR count). The molecule has 40 valence electrons. The van der Waals surface area contributed by atoms with Crippen LogP contribution in [0.3, 0.4) is 0 Å². The number of hydrogen-bond acceptors (Lipinski definition) is 0. The third kappa shape index (κ3) is 19.2. The molecular formula is AgCuGeNiSn. The fourth-order valence-electron chi connectivity index (χ4n) is 0. The van der Waals surface area contributed by atoms with Gasteiger partial charge in [-0.25, -0.2) is 0 Å². The number of rotatable bonds is 0. The quantitative estimate of drug-likeness (QED) is 0.451. The molecule has 0 nitrogen and oxygen atoms in total. The van der Waals surface area contributed by atoms with Crippen molar-refractivity contribution in [2.75, 3.05) is 0 Å². The maximum absolute atomic E-state index is 0. The van der Waals surface area contributed by atoms with Crippen LogP contribution in [0.1, 0.15) is 0 Å². The molecule has 0 saturated carbocycles. The van der Waals surface area contributed by atoms with Gasteiger partial charge in [0.25, 0.3) is 0 Å². The van der Waals surface area contributed by atoms with Crippen LogP contribution in [-0.4, -0.2) is 41.5 Å². The third-order valence-corrected chi connectivity index (χ3v) is 0. The van der Waals surface area contributed by atoms with E-state index in [1.165, 1.54) is 0 Å². The van der Waals surface area contributed by atoms with Gasteiger partial charge in [-0.3, -0.25) is 0 Å². The molecule has 0 aliphatic carbocycles. The molecule has 0 bridgehead atoms. The Balaban J connectivity index is 0. The van der Waals surface area contributed by atoms with Gasteiger partial charge in [0.15, 0.2) is 0 Å². The van der Waals surface area contributed by atoms with Crippen molar-refractivity contribution in [2.24, 2.45) is 0 Å². The SMILES string of the molecule is [Ag].[Cu].[Ge].[Ni].[Sn]. The standard InChI is InChI=1S/Ag.Cu.Ge.Ni.Sn. The molecule has 10 radical (unpaired) electrons. The zero-order valence-corrected chi connectivity index (χ0v) is 10.3. The Kier molecular flexibility index (Phi) is 234. The zero-order valence-electron chi connectivity index (χ0n) is 1.92. The van der Waals surface area contributed by atoms with E-state index in [1.807, 2.05) is 0 Å². The summed E-state index contributed by atoms with van der Waals surface area (Å²) < 4.78 is 0. The van der Waals surface area contributed by atoms with Crippen molar-refractivity contribution in [3.63, 3.8) is 0 Å². The Morgan fingerprint density at radius 1 is 1.00 bits per heavy atom. The van der Waals surface area contributed by atoms with Gasteiger partial charge in [-0.05, 0) is 0 Å². The van der Waals surface area contributed by atoms with Gasteiger partial charge < -0.3 is 0 Å². The molecule has 0 atom stereocenters. The molecule has 0 spiro atoms. The summed E-state index contributed by atoms with van der Waals surface area (Å²) in [4.78, 5) is 0. The van der Waals surface area contributed by atoms with E-state index in [1.54, 1.807) is 0 Å². The fourth-order valence-corrected chi connectivity index (χ4v) is 0. The summed E-state index contributed by atoms with van der Waals surface area (Å²) in [5.74, 6) is 0. The maximum atomic E-state index is 0. The Hall–Kier alpha value is 3.09. The van der Waals surface area contributed by atoms with Gasteiger partial charge in [-0.2, -0.15) is 0 Å². The molecule has 0 aromatic carbocycles. The molecule has 0 fully saturated rings. The van der Waals surface area contributed by atoms with E-state index in [4.69, 9.17) is 0 Å². The smallest absolute Gasteiger partial charge is 0 e. The van der Waals surface area contributed by atoms with Crippen molar-refractivity contribution in [3.05, 3.63) is 0 Å². The summed E-state index contributed by atoms with van der Waals surface area (Å²) in [5, 5.41) is 0. The predicted octanol–water partition coefficient (Wildman–Crippen LogP) is -0.769.